The molecule has 96 valence electrons. The number of rotatable bonds is 5. The van der Waals surface area contributed by atoms with E-state index in [4.69, 9.17) is 4.74 Å². The van der Waals surface area contributed by atoms with Crippen LogP contribution in [-0.2, 0) is 17.7 Å². The second-order valence-corrected chi connectivity index (χ2v) is 4.94. The molecular weight excluding hydrogens is 214 g/mol. The van der Waals surface area contributed by atoms with Gasteiger partial charge in [-0.25, -0.2) is 0 Å². The standard InChI is InChI=1S/C13H23N3O/c1-4-16-8-11(7-15-16)6-13(14-3)12-5-10(2)17-9-12/h7-8,10,12-14H,4-6,9H2,1-3H3. The molecule has 0 spiro atoms. The van der Waals surface area contributed by atoms with E-state index in [1.54, 1.807) is 0 Å². The summed E-state index contributed by atoms with van der Waals surface area (Å²) in [5, 5.41) is 7.74. The van der Waals surface area contributed by atoms with Gasteiger partial charge in [-0.3, -0.25) is 4.68 Å². The molecule has 1 aromatic rings. The summed E-state index contributed by atoms with van der Waals surface area (Å²) >= 11 is 0. The van der Waals surface area contributed by atoms with Gasteiger partial charge < -0.3 is 10.1 Å². The van der Waals surface area contributed by atoms with Gasteiger partial charge in [-0.15, -0.1) is 0 Å². The Hall–Kier alpha value is -0.870. The maximum atomic E-state index is 5.65. The number of aromatic nitrogens is 2. The quantitative estimate of drug-likeness (QED) is 0.842. The highest BCUT2D eigenvalue weighted by Crippen LogP contribution is 2.24. The summed E-state index contributed by atoms with van der Waals surface area (Å²) in [5.74, 6) is 0.625. The van der Waals surface area contributed by atoms with Crippen LogP contribution < -0.4 is 5.32 Å². The molecular formula is C13H23N3O. The smallest absolute Gasteiger partial charge is 0.0551 e. The predicted octanol–water partition coefficient (Wildman–Crippen LogP) is 1.46. The normalized spacial score (nSPS) is 26.3. The molecule has 0 saturated carbocycles. The molecule has 1 aromatic heterocycles. The fraction of sp³-hybridized carbons (Fsp3) is 0.769. The lowest BCUT2D eigenvalue weighted by atomic mass is 9.93. The zero-order chi connectivity index (χ0) is 12.3. The van der Waals surface area contributed by atoms with Crippen LogP contribution in [0.15, 0.2) is 12.4 Å². The van der Waals surface area contributed by atoms with Crippen LogP contribution in [0.25, 0.3) is 0 Å². The maximum Gasteiger partial charge on any atom is 0.0551 e. The molecule has 0 radical (unpaired) electrons. The van der Waals surface area contributed by atoms with Crippen molar-refractivity contribution in [3.63, 3.8) is 0 Å². The van der Waals surface area contributed by atoms with Crippen LogP contribution >= 0.6 is 0 Å². The van der Waals surface area contributed by atoms with Gasteiger partial charge in [0.2, 0.25) is 0 Å². The van der Waals surface area contributed by atoms with Crippen LogP contribution in [-0.4, -0.2) is 35.6 Å². The van der Waals surface area contributed by atoms with Crippen molar-refractivity contribution in [1.82, 2.24) is 15.1 Å². The van der Waals surface area contributed by atoms with Crippen molar-refractivity contribution in [3.05, 3.63) is 18.0 Å². The Balaban J connectivity index is 1.95. The van der Waals surface area contributed by atoms with Crippen LogP contribution in [0.4, 0.5) is 0 Å². The molecule has 0 aromatic carbocycles. The van der Waals surface area contributed by atoms with Crippen molar-refractivity contribution in [1.29, 1.82) is 0 Å². The third-order valence-electron chi connectivity index (χ3n) is 3.64. The second-order valence-electron chi connectivity index (χ2n) is 4.94. The minimum atomic E-state index is 0.411. The van der Waals surface area contributed by atoms with Gasteiger partial charge in [0.1, 0.15) is 0 Å². The molecule has 1 saturated heterocycles. The number of ether oxygens (including phenoxy) is 1. The van der Waals surface area contributed by atoms with E-state index >= 15 is 0 Å². The summed E-state index contributed by atoms with van der Waals surface area (Å²) in [6, 6.07) is 0.495. The van der Waals surface area contributed by atoms with Crippen LogP contribution in [0.1, 0.15) is 25.8 Å². The van der Waals surface area contributed by atoms with Gasteiger partial charge in [0.15, 0.2) is 0 Å². The van der Waals surface area contributed by atoms with Crippen LogP contribution in [0.5, 0.6) is 0 Å². The second kappa shape index (κ2) is 5.65. The van der Waals surface area contributed by atoms with E-state index in [9.17, 15) is 0 Å². The van der Waals surface area contributed by atoms with E-state index in [1.165, 1.54) is 5.56 Å². The van der Waals surface area contributed by atoms with Gasteiger partial charge in [0, 0.05) is 24.7 Å². The molecule has 4 nitrogen and oxygen atoms in total. The molecule has 1 aliphatic heterocycles. The van der Waals surface area contributed by atoms with Gasteiger partial charge in [-0.1, -0.05) is 0 Å². The van der Waals surface area contributed by atoms with Gasteiger partial charge in [0.05, 0.1) is 18.9 Å². The molecule has 0 bridgehead atoms. The third kappa shape index (κ3) is 3.07. The Kier molecular flexibility index (Phi) is 4.18. The molecule has 1 N–H and O–H groups in total. The highest BCUT2D eigenvalue weighted by Gasteiger charge is 2.28. The summed E-state index contributed by atoms with van der Waals surface area (Å²) in [6.07, 6.45) is 6.73. The van der Waals surface area contributed by atoms with E-state index in [0.717, 1.165) is 26.0 Å². The molecule has 2 rings (SSSR count). The van der Waals surface area contributed by atoms with Crippen molar-refractivity contribution < 1.29 is 4.74 Å². The average molecular weight is 237 g/mol. The number of likely N-dealkylation sites (N-methyl/N-ethyl adjacent to an activating group) is 1. The Morgan fingerprint density at radius 3 is 3.00 bits per heavy atom. The molecule has 4 heteroatoms. The monoisotopic (exact) mass is 237 g/mol. The first kappa shape index (κ1) is 12.6. The van der Waals surface area contributed by atoms with Crippen molar-refractivity contribution >= 4 is 0 Å². The summed E-state index contributed by atoms with van der Waals surface area (Å²) in [5.41, 5.74) is 1.31. The largest absolute Gasteiger partial charge is 0.378 e. The van der Waals surface area contributed by atoms with E-state index in [0.29, 0.717) is 18.1 Å². The molecule has 1 aliphatic rings. The molecule has 3 unspecified atom stereocenters. The number of hydrogen-bond donors (Lipinski definition) is 1. The first-order valence-corrected chi connectivity index (χ1v) is 6.53. The lowest BCUT2D eigenvalue weighted by Gasteiger charge is -2.21. The first-order chi connectivity index (χ1) is 8.22. The number of nitrogens with zero attached hydrogens (tertiary/aromatic N) is 2. The lowest BCUT2D eigenvalue weighted by molar-refractivity contribution is 0.117. The zero-order valence-corrected chi connectivity index (χ0v) is 11.0. The summed E-state index contributed by atoms with van der Waals surface area (Å²) < 4.78 is 7.63. The van der Waals surface area contributed by atoms with Crippen molar-refractivity contribution in [3.8, 4) is 0 Å². The Morgan fingerprint density at radius 1 is 1.65 bits per heavy atom. The number of nitrogens with one attached hydrogen (secondary N) is 1. The van der Waals surface area contributed by atoms with E-state index < -0.39 is 0 Å². The van der Waals surface area contributed by atoms with Crippen LogP contribution in [0, 0.1) is 5.92 Å². The van der Waals surface area contributed by atoms with Crippen LogP contribution in [0.2, 0.25) is 0 Å². The summed E-state index contributed by atoms with van der Waals surface area (Å²) in [4.78, 5) is 0. The lowest BCUT2D eigenvalue weighted by Crippen LogP contribution is -2.35. The maximum absolute atomic E-state index is 5.65. The Labute approximate surface area is 103 Å². The minimum Gasteiger partial charge on any atom is -0.378 e. The van der Waals surface area contributed by atoms with E-state index in [1.807, 2.05) is 17.9 Å². The number of hydrogen-bond acceptors (Lipinski definition) is 3. The highest BCUT2D eigenvalue weighted by atomic mass is 16.5. The predicted molar refractivity (Wildman–Crippen MR) is 68.0 cm³/mol. The van der Waals surface area contributed by atoms with Crippen molar-refractivity contribution in [2.75, 3.05) is 13.7 Å². The molecule has 0 amide bonds. The highest BCUT2D eigenvalue weighted by molar-refractivity contribution is 5.07. The Morgan fingerprint density at radius 2 is 2.47 bits per heavy atom. The van der Waals surface area contributed by atoms with Gasteiger partial charge in [-0.05, 0) is 39.3 Å². The number of aryl methyl sites for hydroxylation is 1. The minimum absolute atomic E-state index is 0.411. The SMILES string of the molecule is CCn1cc(CC(NC)C2COC(C)C2)cn1. The fourth-order valence-electron chi connectivity index (χ4n) is 2.57. The Bertz CT molecular complexity index is 350. The van der Waals surface area contributed by atoms with Crippen molar-refractivity contribution in [2.24, 2.45) is 5.92 Å². The molecule has 2 heterocycles. The zero-order valence-electron chi connectivity index (χ0n) is 11.0. The first-order valence-electron chi connectivity index (χ1n) is 6.53. The topological polar surface area (TPSA) is 39.1 Å². The van der Waals surface area contributed by atoms with E-state index in [-0.39, 0.29) is 0 Å². The third-order valence-corrected chi connectivity index (χ3v) is 3.64. The fourth-order valence-corrected chi connectivity index (χ4v) is 2.57. The molecule has 17 heavy (non-hydrogen) atoms. The molecule has 0 aliphatic carbocycles. The average Bonchev–Trinajstić information content (AvgIpc) is 2.94. The molecule has 3 atom stereocenters. The van der Waals surface area contributed by atoms with E-state index in [2.05, 4.69) is 30.5 Å². The van der Waals surface area contributed by atoms with Gasteiger partial charge in [0.25, 0.3) is 0 Å². The summed E-state index contributed by atoms with van der Waals surface area (Å²) in [6.45, 7) is 6.09. The van der Waals surface area contributed by atoms with Gasteiger partial charge in [-0.2, -0.15) is 5.10 Å². The summed E-state index contributed by atoms with van der Waals surface area (Å²) in [7, 11) is 2.04. The van der Waals surface area contributed by atoms with Gasteiger partial charge >= 0.3 is 0 Å². The van der Waals surface area contributed by atoms with Crippen LogP contribution in [0.3, 0.4) is 0 Å². The molecule has 1 fully saturated rings. The van der Waals surface area contributed by atoms with Crippen molar-refractivity contribution in [2.45, 2.75) is 45.4 Å².